The summed E-state index contributed by atoms with van der Waals surface area (Å²) in [5, 5.41) is 15.2. The average Bonchev–Trinajstić information content (AvgIpc) is 2.84. The summed E-state index contributed by atoms with van der Waals surface area (Å²) in [5.74, 6) is 0. The van der Waals surface area contributed by atoms with Crippen LogP contribution in [0.1, 0.15) is 24.8 Å². The smallest absolute Gasteiger partial charge is 0.288 e. The molecule has 0 bridgehead atoms. The van der Waals surface area contributed by atoms with Crippen molar-refractivity contribution in [3.05, 3.63) is 38.9 Å². The number of halogens is 1. The summed E-state index contributed by atoms with van der Waals surface area (Å²) < 4.78 is 0. The number of hydrogen-bond donors (Lipinski definition) is 1. The van der Waals surface area contributed by atoms with Crippen molar-refractivity contribution in [1.82, 2.24) is 5.32 Å². The lowest BCUT2D eigenvalue weighted by Crippen LogP contribution is -2.33. The van der Waals surface area contributed by atoms with Crippen LogP contribution in [-0.2, 0) is 6.54 Å². The standard InChI is InChI=1S/C13H17ClN2O2S/c1-19-13-4-2-3-11(13)15-8-9-5-6-10(14)12(7-9)16(17)18/h5-7,11,13,15H,2-4,8H2,1H3. The van der Waals surface area contributed by atoms with E-state index in [1.54, 1.807) is 12.1 Å². The first-order valence-electron chi connectivity index (χ1n) is 6.31. The van der Waals surface area contributed by atoms with Gasteiger partial charge < -0.3 is 5.32 Å². The number of nitrogens with one attached hydrogen (secondary N) is 1. The van der Waals surface area contributed by atoms with Crippen molar-refractivity contribution >= 4 is 29.1 Å². The molecule has 2 rings (SSSR count). The fourth-order valence-electron chi connectivity index (χ4n) is 2.50. The van der Waals surface area contributed by atoms with Gasteiger partial charge in [0.25, 0.3) is 5.69 Å². The summed E-state index contributed by atoms with van der Waals surface area (Å²) in [4.78, 5) is 10.4. The molecule has 0 spiro atoms. The molecule has 1 aliphatic carbocycles. The molecule has 0 saturated heterocycles. The van der Waals surface area contributed by atoms with Crippen LogP contribution in [0.3, 0.4) is 0 Å². The second kappa shape index (κ2) is 6.59. The summed E-state index contributed by atoms with van der Waals surface area (Å²) in [6.45, 7) is 0.653. The molecular weight excluding hydrogens is 284 g/mol. The Kier molecular flexibility index (Phi) is 5.07. The number of hydrogen-bond acceptors (Lipinski definition) is 4. The highest BCUT2D eigenvalue weighted by atomic mass is 35.5. The van der Waals surface area contributed by atoms with E-state index in [9.17, 15) is 10.1 Å². The van der Waals surface area contributed by atoms with Gasteiger partial charge in [-0.15, -0.1) is 0 Å². The quantitative estimate of drug-likeness (QED) is 0.666. The Bertz CT molecular complexity index is 470. The highest BCUT2D eigenvalue weighted by molar-refractivity contribution is 7.99. The maximum Gasteiger partial charge on any atom is 0.288 e. The van der Waals surface area contributed by atoms with Crippen LogP contribution in [0.2, 0.25) is 5.02 Å². The molecule has 1 aromatic rings. The van der Waals surface area contributed by atoms with Crippen molar-refractivity contribution in [2.75, 3.05) is 6.26 Å². The maximum atomic E-state index is 10.8. The minimum atomic E-state index is -0.438. The monoisotopic (exact) mass is 300 g/mol. The average molecular weight is 301 g/mol. The lowest BCUT2D eigenvalue weighted by atomic mass is 10.1. The molecule has 1 aliphatic rings. The molecule has 1 saturated carbocycles. The van der Waals surface area contributed by atoms with Gasteiger partial charge in [-0.25, -0.2) is 0 Å². The molecule has 0 radical (unpaired) electrons. The van der Waals surface area contributed by atoms with Crippen molar-refractivity contribution in [3.8, 4) is 0 Å². The number of nitrogens with zero attached hydrogens (tertiary/aromatic N) is 1. The highest BCUT2D eigenvalue weighted by Gasteiger charge is 2.25. The third-order valence-corrected chi connectivity index (χ3v) is 5.02. The minimum Gasteiger partial charge on any atom is -0.309 e. The third-order valence-electron chi connectivity index (χ3n) is 3.53. The molecular formula is C13H17ClN2O2S. The molecule has 1 N–H and O–H groups in total. The van der Waals surface area contributed by atoms with Gasteiger partial charge in [-0.3, -0.25) is 10.1 Å². The van der Waals surface area contributed by atoms with Crippen LogP contribution in [0.4, 0.5) is 5.69 Å². The van der Waals surface area contributed by atoms with Crippen LogP contribution in [0.25, 0.3) is 0 Å². The van der Waals surface area contributed by atoms with Gasteiger partial charge in [0.2, 0.25) is 0 Å². The van der Waals surface area contributed by atoms with Crippen molar-refractivity contribution in [3.63, 3.8) is 0 Å². The Hall–Kier alpha value is -0.780. The molecule has 1 fully saturated rings. The first-order chi connectivity index (χ1) is 9.11. The number of nitro benzene ring substituents is 1. The highest BCUT2D eigenvalue weighted by Crippen LogP contribution is 2.29. The molecule has 0 aliphatic heterocycles. The van der Waals surface area contributed by atoms with Gasteiger partial charge in [-0.1, -0.05) is 24.1 Å². The van der Waals surface area contributed by atoms with Crippen molar-refractivity contribution in [1.29, 1.82) is 0 Å². The number of nitro groups is 1. The molecule has 4 nitrogen and oxygen atoms in total. The molecule has 0 aromatic heterocycles. The SMILES string of the molecule is CSC1CCCC1NCc1ccc(Cl)c([N+](=O)[O-])c1. The van der Waals surface area contributed by atoms with Crippen molar-refractivity contribution in [2.24, 2.45) is 0 Å². The first kappa shape index (κ1) is 14.6. The van der Waals surface area contributed by atoms with Gasteiger partial charge in [-0.2, -0.15) is 11.8 Å². The molecule has 19 heavy (non-hydrogen) atoms. The van der Waals surface area contributed by atoms with Gasteiger partial charge in [-0.05, 0) is 30.7 Å². The van der Waals surface area contributed by atoms with E-state index in [2.05, 4.69) is 11.6 Å². The Morgan fingerprint density at radius 1 is 1.53 bits per heavy atom. The molecule has 0 heterocycles. The third kappa shape index (κ3) is 3.61. The number of thioether (sulfide) groups is 1. The van der Waals surface area contributed by atoms with Crippen LogP contribution in [-0.4, -0.2) is 22.5 Å². The van der Waals surface area contributed by atoms with E-state index in [-0.39, 0.29) is 10.7 Å². The summed E-state index contributed by atoms with van der Waals surface area (Å²) in [7, 11) is 0. The molecule has 6 heteroatoms. The van der Waals surface area contributed by atoms with Crippen LogP contribution in [0.15, 0.2) is 18.2 Å². The molecule has 104 valence electrons. The van der Waals surface area contributed by atoms with E-state index >= 15 is 0 Å². The van der Waals surface area contributed by atoms with Gasteiger partial charge in [0.15, 0.2) is 0 Å². The molecule has 0 amide bonds. The fraction of sp³-hybridized carbons (Fsp3) is 0.538. The predicted molar refractivity (Wildman–Crippen MR) is 79.9 cm³/mol. The van der Waals surface area contributed by atoms with E-state index in [1.807, 2.05) is 17.8 Å². The van der Waals surface area contributed by atoms with Gasteiger partial charge in [0.05, 0.1) is 4.92 Å². The van der Waals surface area contributed by atoms with E-state index in [0.29, 0.717) is 17.8 Å². The van der Waals surface area contributed by atoms with E-state index in [0.717, 1.165) is 5.56 Å². The zero-order valence-electron chi connectivity index (χ0n) is 10.8. The first-order valence-corrected chi connectivity index (χ1v) is 7.97. The van der Waals surface area contributed by atoms with Crippen LogP contribution in [0, 0.1) is 10.1 Å². The van der Waals surface area contributed by atoms with Gasteiger partial charge >= 0.3 is 0 Å². The largest absolute Gasteiger partial charge is 0.309 e. The van der Waals surface area contributed by atoms with Crippen molar-refractivity contribution < 1.29 is 4.92 Å². The predicted octanol–water partition coefficient (Wildman–Crippen LogP) is 3.62. The summed E-state index contributed by atoms with van der Waals surface area (Å²) in [6, 6.07) is 5.49. The molecule has 2 atom stereocenters. The van der Waals surface area contributed by atoms with Crippen LogP contribution >= 0.6 is 23.4 Å². The summed E-state index contributed by atoms with van der Waals surface area (Å²) in [5.41, 5.74) is 0.886. The Labute approximate surface area is 122 Å². The molecule has 2 unspecified atom stereocenters. The van der Waals surface area contributed by atoms with Crippen LogP contribution < -0.4 is 5.32 Å². The lowest BCUT2D eigenvalue weighted by Gasteiger charge is -2.19. The molecule has 1 aromatic carbocycles. The van der Waals surface area contributed by atoms with E-state index in [1.165, 1.54) is 19.3 Å². The van der Waals surface area contributed by atoms with E-state index in [4.69, 9.17) is 11.6 Å². The minimum absolute atomic E-state index is 0.0196. The fourth-order valence-corrected chi connectivity index (χ4v) is 3.65. The topological polar surface area (TPSA) is 55.2 Å². The number of benzene rings is 1. The maximum absolute atomic E-state index is 10.8. The summed E-state index contributed by atoms with van der Waals surface area (Å²) in [6.07, 6.45) is 5.82. The normalized spacial score (nSPS) is 22.6. The lowest BCUT2D eigenvalue weighted by molar-refractivity contribution is -0.384. The van der Waals surface area contributed by atoms with Gasteiger partial charge in [0, 0.05) is 23.9 Å². The zero-order chi connectivity index (χ0) is 13.8. The zero-order valence-corrected chi connectivity index (χ0v) is 12.3. The summed E-state index contributed by atoms with van der Waals surface area (Å²) >= 11 is 7.69. The van der Waals surface area contributed by atoms with Gasteiger partial charge in [0.1, 0.15) is 5.02 Å². The van der Waals surface area contributed by atoms with Crippen molar-refractivity contribution in [2.45, 2.75) is 37.1 Å². The van der Waals surface area contributed by atoms with E-state index < -0.39 is 4.92 Å². The van der Waals surface area contributed by atoms with Crippen LogP contribution in [0.5, 0.6) is 0 Å². The Morgan fingerprint density at radius 3 is 3.00 bits per heavy atom. The Balaban J connectivity index is 2.00. The second-order valence-corrected chi connectivity index (χ2v) is 6.22. The Morgan fingerprint density at radius 2 is 2.32 bits per heavy atom. The second-order valence-electron chi connectivity index (χ2n) is 4.74. The number of rotatable bonds is 5.